The molecule has 0 saturated carbocycles. The Labute approximate surface area is 243 Å². The van der Waals surface area contributed by atoms with E-state index in [1.165, 1.54) is 24.3 Å². The van der Waals surface area contributed by atoms with Crippen LogP contribution in [0.5, 0.6) is 57.5 Å². The molecule has 0 radical (unpaired) electrons. The van der Waals surface area contributed by atoms with Crippen molar-refractivity contribution >= 4 is 21.9 Å². The van der Waals surface area contributed by atoms with Gasteiger partial charge in [-0.05, 0) is 42.5 Å². The number of benzene rings is 4. The first-order valence-corrected chi connectivity index (χ1v) is 12.3. The van der Waals surface area contributed by atoms with E-state index in [0.717, 1.165) is 36.4 Å². The molecule has 4 aromatic carbocycles. The van der Waals surface area contributed by atoms with E-state index >= 15 is 0 Å². The normalized spacial score (nSPS) is 10.9. The molecule has 0 unspecified atom stereocenters. The Morgan fingerprint density at radius 2 is 1.07 bits per heavy atom. The van der Waals surface area contributed by atoms with Crippen LogP contribution in [0.4, 0.5) is 0 Å². The van der Waals surface area contributed by atoms with Crippen molar-refractivity contribution < 1.29 is 59.9 Å². The summed E-state index contributed by atoms with van der Waals surface area (Å²) in [5.41, 5.74) is -1.97. The van der Waals surface area contributed by atoms with Gasteiger partial charge in [0, 0.05) is 17.7 Å². The van der Waals surface area contributed by atoms with Crippen molar-refractivity contribution in [2.45, 2.75) is 0 Å². The van der Waals surface area contributed by atoms with Gasteiger partial charge in [-0.15, -0.1) is 0 Å². The van der Waals surface area contributed by atoms with Crippen LogP contribution < -0.4 is 10.9 Å². The molecule has 14 heteroatoms. The Balaban J connectivity index is 0.000000175. The number of fused-ring (bicyclic) bond motifs is 2. The molecule has 0 aliphatic carbocycles. The largest absolute Gasteiger partial charge is 0.508 e. The maximum Gasteiger partial charge on any atom is 0.238 e. The summed E-state index contributed by atoms with van der Waals surface area (Å²) in [6.45, 7) is 0. The molecule has 224 valence electrons. The van der Waals surface area contributed by atoms with Crippen LogP contribution in [-0.2, 0) is 0 Å². The van der Waals surface area contributed by atoms with Crippen LogP contribution >= 0.6 is 0 Å². The lowest BCUT2D eigenvalue weighted by atomic mass is 10.1. The lowest BCUT2D eigenvalue weighted by Crippen LogP contribution is -2.02. The minimum atomic E-state index is -0.888. The maximum absolute atomic E-state index is 12.1. The van der Waals surface area contributed by atoms with Crippen LogP contribution in [0.25, 0.3) is 44.6 Å². The second kappa shape index (κ2) is 10.6. The predicted octanol–water partition coefficient (Wildman–Crippen LogP) is 3.98. The van der Waals surface area contributed by atoms with Crippen molar-refractivity contribution in [2.75, 3.05) is 0 Å². The van der Waals surface area contributed by atoms with Crippen molar-refractivity contribution in [2.24, 2.45) is 0 Å². The van der Waals surface area contributed by atoms with Crippen LogP contribution in [0.15, 0.2) is 79.1 Å². The Bertz CT molecular complexity index is 2230. The molecule has 0 aliphatic heterocycles. The lowest BCUT2D eigenvalue weighted by molar-refractivity contribution is 0.367. The minimum absolute atomic E-state index is 0.00948. The summed E-state index contributed by atoms with van der Waals surface area (Å²) in [6, 6.07) is 12.0. The fourth-order valence-corrected chi connectivity index (χ4v) is 4.28. The highest BCUT2D eigenvalue weighted by Gasteiger charge is 2.23. The third-order valence-electron chi connectivity index (χ3n) is 6.42. The van der Waals surface area contributed by atoms with Gasteiger partial charge < -0.3 is 59.9 Å². The number of phenols is 8. The number of rotatable bonds is 2. The van der Waals surface area contributed by atoms with Crippen molar-refractivity contribution in [3.63, 3.8) is 0 Å². The first-order valence-electron chi connectivity index (χ1n) is 12.3. The number of hydrogen-bond acceptors (Lipinski definition) is 14. The topological polar surface area (TPSA) is 263 Å². The van der Waals surface area contributed by atoms with E-state index in [2.05, 4.69) is 0 Å². The first kappa shape index (κ1) is 28.8. The summed E-state index contributed by atoms with van der Waals surface area (Å²) in [5.74, 6) is -6.43. The third-order valence-corrected chi connectivity index (χ3v) is 6.42. The number of aromatic hydroxyl groups is 10. The van der Waals surface area contributed by atoms with Gasteiger partial charge in [0.15, 0.2) is 34.5 Å². The van der Waals surface area contributed by atoms with Gasteiger partial charge in [-0.3, -0.25) is 9.59 Å². The van der Waals surface area contributed by atoms with E-state index in [0.29, 0.717) is 0 Å². The zero-order valence-electron chi connectivity index (χ0n) is 21.9. The molecule has 0 aliphatic rings. The molecule has 2 heterocycles. The highest BCUT2D eigenvalue weighted by atomic mass is 16.4. The first-order chi connectivity index (χ1) is 20.8. The number of hydrogen-bond donors (Lipinski definition) is 10. The quantitative estimate of drug-likeness (QED) is 0.125. The van der Waals surface area contributed by atoms with E-state index in [-0.39, 0.29) is 56.1 Å². The molecule has 14 nitrogen and oxygen atoms in total. The molecule has 0 saturated heterocycles. The second-order valence-electron chi connectivity index (χ2n) is 9.24. The second-order valence-corrected chi connectivity index (χ2v) is 9.24. The van der Waals surface area contributed by atoms with E-state index in [1.54, 1.807) is 0 Å². The summed E-state index contributed by atoms with van der Waals surface area (Å²) >= 11 is 0. The van der Waals surface area contributed by atoms with E-state index in [4.69, 9.17) is 8.83 Å². The van der Waals surface area contributed by atoms with Crippen molar-refractivity contribution in [1.82, 2.24) is 0 Å². The highest BCUT2D eigenvalue weighted by molar-refractivity contribution is 5.89. The molecule has 0 spiro atoms. The molecule has 0 fully saturated rings. The molecule has 44 heavy (non-hydrogen) atoms. The standard InChI is InChI=1S/2C15H10O7/c16-7-4-10(19)12-11(5-7)22-15(14(21)13(12)20)6-1-2-8(17)9(18)3-6;16-7-2-1-3-9-10(7)13(20)14(21)15(22-9)6-4-5-8(17)12(19)11(6)18/h2*1-5,16-19,21H. The lowest BCUT2D eigenvalue weighted by Gasteiger charge is -2.09. The van der Waals surface area contributed by atoms with Crippen LogP contribution in [0, 0.1) is 0 Å². The summed E-state index contributed by atoms with van der Waals surface area (Å²) in [5, 5.41) is 95.8. The Kier molecular flexibility index (Phi) is 6.95. The highest BCUT2D eigenvalue weighted by Crippen LogP contribution is 2.45. The number of phenolic OH excluding ortho intramolecular Hbond substituents is 8. The Morgan fingerprint density at radius 3 is 1.75 bits per heavy atom. The molecule has 6 aromatic rings. The third kappa shape index (κ3) is 4.77. The molecule has 0 bridgehead atoms. The van der Waals surface area contributed by atoms with Crippen LogP contribution in [0.3, 0.4) is 0 Å². The van der Waals surface area contributed by atoms with Crippen LogP contribution in [0.2, 0.25) is 0 Å². The van der Waals surface area contributed by atoms with Crippen molar-refractivity contribution in [1.29, 1.82) is 0 Å². The average molecular weight is 604 g/mol. The minimum Gasteiger partial charge on any atom is -0.508 e. The van der Waals surface area contributed by atoms with Gasteiger partial charge in [0.25, 0.3) is 0 Å². The van der Waals surface area contributed by atoms with Crippen LogP contribution in [-0.4, -0.2) is 51.1 Å². The summed E-state index contributed by atoms with van der Waals surface area (Å²) in [6.07, 6.45) is 0. The molecular weight excluding hydrogens is 584 g/mol. The van der Waals surface area contributed by atoms with Crippen molar-refractivity contribution in [3.05, 3.63) is 81.1 Å². The predicted molar refractivity (Wildman–Crippen MR) is 152 cm³/mol. The molecule has 10 N–H and O–H groups in total. The maximum atomic E-state index is 12.1. The smallest absolute Gasteiger partial charge is 0.238 e. The summed E-state index contributed by atoms with van der Waals surface area (Å²) < 4.78 is 10.7. The zero-order chi connectivity index (χ0) is 32.0. The van der Waals surface area contributed by atoms with Crippen molar-refractivity contribution in [3.8, 4) is 80.1 Å². The van der Waals surface area contributed by atoms with Gasteiger partial charge in [-0.2, -0.15) is 0 Å². The fraction of sp³-hybridized carbons (Fsp3) is 0. The molecular formula is C30H20O14. The molecule has 6 rings (SSSR count). The SMILES string of the molecule is O=c1c(O)c(-c2ccc(O)c(O)c2)oc2cc(O)cc(O)c12.O=c1c(O)c(-c2ccc(O)c(O)c2O)oc2cccc(O)c12. The average Bonchev–Trinajstić information content (AvgIpc) is 2.97. The van der Waals surface area contributed by atoms with Gasteiger partial charge in [0.2, 0.25) is 28.1 Å². The van der Waals surface area contributed by atoms with Gasteiger partial charge in [0.1, 0.15) is 39.2 Å². The van der Waals surface area contributed by atoms with Crippen LogP contribution in [0.1, 0.15) is 0 Å². The van der Waals surface area contributed by atoms with E-state index in [1.807, 2.05) is 0 Å². The fourth-order valence-electron chi connectivity index (χ4n) is 4.28. The molecule has 0 atom stereocenters. The Morgan fingerprint density at radius 1 is 0.455 bits per heavy atom. The summed E-state index contributed by atoms with van der Waals surface area (Å²) in [4.78, 5) is 24.3. The van der Waals surface area contributed by atoms with E-state index < -0.39 is 56.9 Å². The van der Waals surface area contributed by atoms with Gasteiger partial charge in [0.05, 0.1) is 5.56 Å². The molecule has 0 amide bonds. The molecule has 2 aromatic heterocycles. The summed E-state index contributed by atoms with van der Waals surface area (Å²) in [7, 11) is 0. The van der Waals surface area contributed by atoms with E-state index in [9.17, 15) is 60.7 Å². The monoisotopic (exact) mass is 604 g/mol. The zero-order valence-corrected chi connectivity index (χ0v) is 21.9. The van der Waals surface area contributed by atoms with Gasteiger partial charge in [-0.1, -0.05) is 6.07 Å². The van der Waals surface area contributed by atoms with Gasteiger partial charge >= 0.3 is 0 Å². The van der Waals surface area contributed by atoms with Gasteiger partial charge in [-0.25, -0.2) is 0 Å². The Hall–Kier alpha value is -6.70.